The number of hydrazone groups is 1. The average Bonchev–Trinajstić information content (AvgIpc) is 2.66. The van der Waals surface area contributed by atoms with Crippen LogP contribution in [0, 0.1) is 13.8 Å². The van der Waals surface area contributed by atoms with E-state index in [1.54, 1.807) is 13.0 Å². The van der Waals surface area contributed by atoms with Crippen molar-refractivity contribution in [2.24, 2.45) is 5.10 Å². The number of nitrogens with zero attached hydrogens (tertiary/aromatic N) is 1. The molecule has 0 amide bonds. The van der Waals surface area contributed by atoms with Crippen LogP contribution in [0.5, 0.6) is 0 Å². The number of hydrogen-bond donors (Lipinski definition) is 1. The Morgan fingerprint density at radius 1 is 1.11 bits per heavy atom. The molecular weight excluding hydrogens is 356 g/mol. The first kappa shape index (κ1) is 19.4. The van der Waals surface area contributed by atoms with Crippen molar-refractivity contribution in [2.45, 2.75) is 27.2 Å². The highest BCUT2D eigenvalue weighted by Crippen LogP contribution is 2.25. The van der Waals surface area contributed by atoms with E-state index in [1.165, 1.54) is 6.07 Å². The highest BCUT2D eigenvalue weighted by Gasteiger charge is 2.14. The standard InChI is InChI=1S/C22H22N2O4/c1-4-27-22(26)19(12-16-8-6-5-7-9-16)24-23-18-13-17-14(2)11-21(25)28-20(17)10-15(18)3/h5-11,13,23H,4,12H2,1-3H3. The van der Waals surface area contributed by atoms with Crippen LogP contribution < -0.4 is 11.1 Å². The van der Waals surface area contributed by atoms with E-state index in [0.29, 0.717) is 12.0 Å². The summed E-state index contributed by atoms with van der Waals surface area (Å²) in [5.74, 6) is -0.459. The van der Waals surface area contributed by atoms with E-state index < -0.39 is 5.97 Å². The number of aryl methyl sites for hydroxylation is 2. The molecule has 0 radical (unpaired) electrons. The van der Waals surface area contributed by atoms with Crippen LogP contribution in [0.25, 0.3) is 11.0 Å². The molecule has 0 fully saturated rings. The number of esters is 1. The molecule has 0 unspecified atom stereocenters. The molecular formula is C22H22N2O4. The van der Waals surface area contributed by atoms with Crippen molar-refractivity contribution in [3.05, 3.63) is 75.6 Å². The number of rotatable bonds is 6. The molecule has 0 aliphatic carbocycles. The molecule has 1 heterocycles. The van der Waals surface area contributed by atoms with Gasteiger partial charge in [0.1, 0.15) is 11.3 Å². The second-order valence-corrected chi connectivity index (χ2v) is 6.46. The Kier molecular flexibility index (Phi) is 5.89. The second-order valence-electron chi connectivity index (χ2n) is 6.46. The number of hydrogen-bond acceptors (Lipinski definition) is 6. The van der Waals surface area contributed by atoms with Crippen LogP contribution in [0.1, 0.15) is 23.6 Å². The molecule has 0 saturated heterocycles. The van der Waals surface area contributed by atoms with Crippen LogP contribution in [0.4, 0.5) is 5.69 Å². The number of fused-ring (bicyclic) bond motifs is 1. The molecule has 2 aromatic carbocycles. The van der Waals surface area contributed by atoms with Crippen LogP contribution in [-0.4, -0.2) is 18.3 Å². The number of anilines is 1. The van der Waals surface area contributed by atoms with Gasteiger partial charge in [-0.2, -0.15) is 5.10 Å². The van der Waals surface area contributed by atoms with Crippen LogP contribution >= 0.6 is 0 Å². The summed E-state index contributed by atoms with van der Waals surface area (Å²) in [5, 5.41) is 5.13. The largest absolute Gasteiger partial charge is 0.461 e. The van der Waals surface area contributed by atoms with Gasteiger partial charge in [-0.15, -0.1) is 0 Å². The molecule has 3 aromatic rings. The Bertz CT molecular complexity index is 1080. The molecule has 0 aliphatic heterocycles. The summed E-state index contributed by atoms with van der Waals surface area (Å²) in [4.78, 5) is 23.9. The first-order chi connectivity index (χ1) is 13.5. The quantitative estimate of drug-likeness (QED) is 0.304. The van der Waals surface area contributed by atoms with Gasteiger partial charge in [0.25, 0.3) is 0 Å². The van der Waals surface area contributed by atoms with Crippen molar-refractivity contribution in [3.63, 3.8) is 0 Å². The van der Waals surface area contributed by atoms with E-state index in [-0.39, 0.29) is 17.9 Å². The van der Waals surface area contributed by atoms with Gasteiger partial charge >= 0.3 is 11.6 Å². The molecule has 0 saturated carbocycles. The lowest BCUT2D eigenvalue weighted by atomic mass is 10.1. The Balaban J connectivity index is 1.94. The number of nitrogens with one attached hydrogen (secondary N) is 1. The number of carbonyl (C=O) groups excluding carboxylic acids is 1. The Morgan fingerprint density at radius 3 is 2.57 bits per heavy atom. The predicted octanol–water partition coefficient (Wildman–Crippen LogP) is 3.98. The molecule has 1 aromatic heterocycles. The average molecular weight is 378 g/mol. The van der Waals surface area contributed by atoms with E-state index in [1.807, 2.05) is 50.2 Å². The fourth-order valence-corrected chi connectivity index (χ4v) is 2.88. The minimum atomic E-state index is -0.459. The van der Waals surface area contributed by atoms with Crippen LogP contribution in [0.3, 0.4) is 0 Å². The summed E-state index contributed by atoms with van der Waals surface area (Å²) < 4.78 is 10.4. The zero-order valence-corrected chi connectivity index (χ0v) is 16.1. The molecule has 6 nitrogen and oxygen atoms in total. The minimum Gasteiger partial charge on any atom is -0.461 e. The van der Waals surface area contributed by atoms with Gasteiger partial charge in [0.2, 0.25) is 0 Å². The lowest BCUT2D eigenvalue weighted by Gasteiger charge is -2.11. The van der Waals surface area contributed by atoms with Gasteiger partial charge < -0.3 is 9.15 Å². The number of ether oxygens (including phenoxy) is 1. The summed E-state index contributed by atoms with van der Waals surface area (Å²) >= 11 is 0. The molecule has 1 N–H and O–H groups in total. The van der Waals surface area contributed by atoms with E-state index in [0.717, 1.165) is 27.8 Å². The zero-order valence-electron chi connectivity index (χ0n) is 16.1. The predicted molar refractivity (Wildman–Crippen MR) is 110 cm³/mol. The van der Waals surface area contributed by atoms with E-state index in [9.17, 15) is 9.59 Å². The van der Waals surface area contributed by atoms with Crippen LogP contribution in [0.15, 0.2) is 62.8 Å². The van der Waals surface area contributed by atoms with Crippen molar-refractivity contribution < 1.29 is 13.9 Å². The van der Waals surface area contributed by atoms with Gasteiger partial charge in [0.05, 0.1) is 12.3 Å². The van der Waals surface area contributed by atoms with Gasteiger partial charge in [-0.25, -0.2) is 9.59 Å². The number of benzene rings is 2. The van der Waals surface area contributed by atoms with E-state index in [4.69, 9.17) is 9.15 Å². The van der Waals surface area contributed by atoms with Crippen LogP contribution in [0.2, 0.25) is 0 Å². The van der Waals surface area contributed by atoms with Crippen molar-refractivity contribution in [3.8, 4) is 0 Å². The summed E-state index contributed by atoms with van der Waals surface area (Å²) in [6.07, 6.45) is 0.354. The lowest BCUT2D eigenvalue weighted by molar-refractivity contribution is -0.135. The summed E-state index contributed by atoms with van der Waals surface area (Å²) in [5.41, 5.74) is 6.73. The molecule has 3 rings (SSSR count). The molecule has 0 aliphatic rings. The van der Waals surface area contributed by atoms with E-state index in [2.05, 4.69) is 10.5 Å². The third kappa shape index (κ3) is 4.46. The van der Waals surface area contributed by atoms with Gasteiger partial charge in [-0.3, -0.25) is 5.43 Å². The normalized spacial score (nSPS) is 11.5. The third-order valence-corrected chi connectivity index (χ3v) is 4.33. The second kappa shape index (κ2) is 8.52. The summed E-state index contributed by atoms with van der Waals surface area (Å²) in [6, 6.07) is 14.7. The molecule has 0 spiro atoms. The lowest BCUT2D eigenvalue weighted by Crippen LogP contribution is -2.21. The molecule has 28 heavy (non-hydrogen) atoms. The molecule has 6 heteroatoms. The topological polar surface area (TPSA) is 80.9 Å². The highest BCUT2D eigenvalue weighted by molar-refractivity contribution is 6.37. The Hall–Kier alpha value is -3.41. The fraction of sp³-hybridized carbons (Fsp3) is 0.227. The maximum atomic E-state index is 12.3. The summed E-state index contributed by atoms with van der Waals surface area (Å²) in [6.45, 7) is 5.76. The van der Waals surface area contributed by atoms with Gasteiger partial charge in [-0.1, -0.05) is 30.3 Å². The fourth-order valence-electron chi connectivity index (χ4n) is 2.88. The minimum absolute atomic E-state index is 0.278. The van der Waals surface area contributed by atoms with Gasteiger partial charge in [0, 0.05) is 17.9 Å². The summed E-state index contributed by atoms with van der Waals surface area (Å²) in [7, 11) is 0. The van der Waals surface area contributed by atoms with Gasteiger partial charge in [-0.05, 0) is 49.6 Å². The zero-order chi connectivity index (χ0) is 20.1. The Morgan fingerprint density at radius 2 is 1.86 bits per heavy atom. The molecule has 0 atom stereocenters. The highest BCUT2D eigenvalue weighted by atomic mass is 16.5. The molecule has 144 valence electrons. The van der Waals surface area contributed by atoms with Crippen LogP contribution in [-0.2, 0) is 16.0 Å². The first-order valence-corrected chi connectivity index (χ1v) is 9.06. The van der Waals surface area contributed by atoms with Gasteiger partial charge in [0.15, 0.2) is 0 Å². The van der Waals surface area contributed by atoms with Crippen molar-refractivity contribution in [1.29, 1.82) is 0 Å². The van der Waals surface area contributed by atoms with Crippen molar-refractivity contribution >= 4 is 28.3 Å². The number of carbonyl (C=O) groups is 1. The van der Waals surface area contributed by atoms with Crippen molar-refractivity contribution in [1.82, 2.24) is 0 Å². The first-order valence-electron chi connectivity index (χ1n) is 9.06. The molecule has 0 bridgehead atoms. The van der Waals surface area contributed by atoms with E-state index >= 15 is 0 Å². The maximum absolute atomic E-state index is 12.3. The SMILES string of the molecule is CCOC(=O)C(Cc1ccccc1)=NNc1cc2c(C)cc(=O)oc2cc1C. The smallest absolute Gasteiger partial charge is 0.354 e. The maximum Gasteiger partial charge on any atom is 0.354 e. The monoisotopic (exact) mass is 378 g/mol. The van der Waals surface area contributed by atoms with Crippen molar-refractivity contribution in [2.75, 3.05) is 12.0 Å². The third-order valence-electron chi connectivity index (χ3n) is 4.33. The Labute approximate surface area is 162 Å².